The second-order valence-corrected chi connectivity index (χ2v) is 24.2. The summed E-state index contributed by atoms with van der Waals surface area (Å²) in [5.74, 6) is 0. The van der Waals surface area contributed by atoms with Crippen LogP contribution >= 0.6 is 0 Å². The molecule has 0 amide bonds. The molecule has 2 aliphatic carbocycles. The molecule has 0 aromatic heterocycles. The van der Waals surface area contributed by atoms with Gasteiger partial charge < -0.3 is 0 Å². The number of hydrogen-bond donors (Lipinski definition) is 0. The van der Waals surface area contributed by atoms with E-state index in [-0.39, 0.29) is 10.8 Å². The van der Waals surface area contributed by atoms with Crippen molar-refractivity contribution in [2.45, 2.75) is 105 Å². The Kier molecular flexibility index (Phi) is 7.15. The molecule has 0 heterocycles. The van der Waals surface area contributed by atoms with Crippen LogP contribution in [0, 0.1) is 0 Å². The van der Waals surface area contributed by atoms with Crippen LogP contribution in [0.4, 0.5) is 0 Å². The van der Waals surface area contributed by atoms with Crippen molar-refractivity contribution in [1.82, 2.24) is 0 Å². The van der Waals surface area contributed by atoms with E-state index >= 15 is 0 Å². The maximum atomic E-state index is 2.62. The first-order valence-electron chi connectivity index (χ1n) is 13.3. The van der Waals surface area contributed by atoms with E-state index in [1.54, 1.807) is 27.8 Å². The SMILES string of the molecule is CCC1=CC[C]([Ti]([c]2c(C(C)(C)C)ccc3c2Cc2cc(C(C)(C)C)ccc2-3)=[Si](C)C)=C1CC. The van der Waals surface area contributed by atoms with Crippen LogP contribution in [0.25, 0.3) is 11.1 Å². The van der Waals surface area contributed by atoms with Crippen molar-refractivity contribution in [2.24, 2.45) is 0 Å². The molecular formula is C32H44SiTi. The van der Waals surface area contributed by atoms with Crippen molar-refractivity contribution in [2.75, 3.05) is 0 Å². The summed E-state index contributed by atoms with van der Waals surface area (Å²) in [7, 11) is 0. The molecule has 2 aromatic carbocycles. The third-order valence-electron chi connectivity index (χ3n) is 7.84. The Labute approximate surface area is 215 Å². The van der Waals surface area contributed by atoms with Crippen LogP contribution in [0.15, 0.2) is 51.4 Å². The Morgan fingerprint density at radius 3 is 2.09 bits per heavy atom. The molecule has 0 saturated carbocycles. The quantitative estimate of drug-likeness (QED) is 0.312. The van der Waals surface area contributed by atoms with E-state index in [0.717, 1.165) is 6.42 Å². The predicted molar refractivity (Wildman–Crippen MR) is 150 cm³/mol. The summed E-state index contributed by atoms with van der Waals surface area (Å²) >= 11 is -1.65. The molecule has 180 valence electrons. The van der Waals surface area contributed by atoms with Crippen LogP contribution in [0.1, 0.15) is 96.9 Å². The zero-order valence-electron chi connectivity index (χ0n) is 23.3. The van der Waals surface area contributed by atoms with Gasteiger partial charge in [-0.15, -0.1) is 0 Å². The summed E-state index contributed by atoms with van der Waals surface area (Å²) in [5.41, 5.74) is 13.1. The van der Waals surface area contributed by atoms with Crippen LogP contribution in [0.3, 0.4) is 0 Å². The van der Waals surface area contributed by atoms with Gasteiger partial charge in [0.15, 0.2) is 0 Å². The Hall–Kier alpha value is -1.15. The standard InChI is InChI=1S/C21H25.C9H13.C2H6Si.Ti/c1-20(2,3)16-7-9-18-14(12-16)11-15-13-17(21(4,5)6)8-10-19(15)18;1-3-8-6-5-7-9(8)4-2;1-3-2;/h7-10,12H,11H2,1-6H3;6H,3-5H2,1-2H3;1-2H3;. The molecule has 0 spiro atoms. The van der Waals surface area contributed by atoms with Crippen LogP contribution in [-0.4, -0.2) is 6.19 Å². The molecule has 0 saturated heterocycles. The van der Waals surface area contributed by atoms with E-state index in [1.807, 2.05) is 7.75 Å². The molecule has 0 radical (unpaired) electrons. The van der Waals surface area contributed by atoms with Crippen molar-refractivity contribution in [1.29, 1.82) is 0 Å². The molecule has 0 atom stereocenters. The summed E-state index contributed by atoms with van der Waals surface area (Å²) in [6, 6.07) is 12.3. The summed E-state index contributed by atoms with van der Waals surface area (Å²) in [5, 5.41) is 0. The van der Waals surface area contributed by atoms with Gasteiger partial charge in [0.1, 0.15) is 0 Å². The van der Waals surface area contributed by atoms with E-state index in [1.165, 1.54) is 36.0 Å². The molecule has 34 heavy (non-hydrogen) atoms. The molecule has 2 heteroatoms. The van der Waals surface area contributed by atoms with Gasteiger partial charge in [0.25, 0.3) is 0 Å². The van der Waals surface area contributed by atoms with Gasteiger partial charge in [-0.2, -0.15) is 0 Å². The van der Waals surface area contributed by atoms with Gasteiger partial charge in [-0.1, -0.05) is 0 Å². The Balaban J connectivity index is 1.99. The first kappa shape index (κ1) is 25.9. The average Bonchev–Trinajstić information content (AvgIpc) is 3.32. The van der Waals surface area contributed by atoms with Crippen LogP contribution in [0.5, 0.6) is 0 Å². The van der Waals surface area contributed by atoms with Crippen molar-refractivity contribution in [3.05, 3.63) is 73.7 Å². The number of rotatable bonds is 4. The fourth-order valence-corrected chi connectivity index (χ4v) is 18.5. The average molecular weight is 505 g/mol. The summed E-state index contributed by atoms with van der Waals surface area (Å²) < 4.78 is 3.76. The van der Waals surface area contributed by atoms with E-state index in [2.05, 4.69) is 105 Å². The monoisotopic (exact) mass is 504 g/mol. The number of benzene rings is 2. The molecule has 0 fully saturated rings. The van der Waals surface area contributed by atoms with Gasteiger partial charge in [-0.25, -0.2) is 0 Å². The number of allylic oxidation sites excluding steroid dienone is 4. The molecule has 0 aliphatic heterocycles. The topological polar surface area (TPSA) is 0 Å². The van der Waals surface area contributed by atoms with Gasteiger partial charge in [0.05, 0.1) is 0 Å². The summed E-state index contributed by atoms with van der Waals surface area (Å²) in [6.07, 6.45) is 6.90. The minimum atomic E-state index is -1.65. The maximum absolute atomic E-state index is 2.62. The van der Waals surface area contributed by atoms with Gasteiger partial charge in [-0.05, 0) is 0 Å². The normalized spacial score (nSPS) is 15.4. The van der Waals surface area contributed by atoms with Gasteiger partial charge >= 0.3 is 216 Å². The third-order valence-corrected chi connectivity index (χ3v) is 19.2. The molecule has 2 aliphatic rings. The van der Waals surface area contributed by atoms with E-state index in [0.29, 0.717) is 0 Å². The van der Waals surface area contributed by atoms with Crippen LogP contribution in [-0.2, 0) is 33.9 Å². The van der Waals surface area contributed by atoms with E-state index in [4.69, 9.17) is 0 Å². The Morgan fingerprint density at radius 2 is 1.53 bits per heavy atom. The summed E-state index contributed by atoms with van der Waals surface area (Å²) in [4.78, 5) is 0. The molecule has 0 nitrogen and oxygen atoms in total. The van der Waals surface area contributed by atoms with Crippen molar-refractivity contribution in [3.63, 3.8) is 0 Å². The molecule has 0 unspecified atom stereocenters. The Morgan fingerprint density at radius 1 is 0.853 bits per heavy atom. The summed E-state index contributed by atoms with van der Waals surface area (Å²) in [6.45, 7) is 24.3. The molecular weight excluding hydrogens is 460 g/mol. The van der Waals surface area contributed by atoms with Crippen LogP contribution in [0.2, 0.25) is 13.1 Å². The second kappa shape index (κ2) is 9.38. The fourth-order valence-electron chi connectivity index (χ4n) is 6.07. The first-order chi connectivity index (χ1) is 15.9. The zero-order valence-corrected chi connectivity index (χ0v) is 25.9. The number of fused-ring (bicyclic) bond motifs is 3. The van der Waals surface area contributed by atoms with Gasteiger partial charge in [-0.3, -0.25) is 0 Å². The van der Waals surface area contributed by atoms with Crippen molar-refractivity contribution in [3.8, 4) is 11.1 Å². The first-order valence-corrected chi connectivity index (χ1v) is 19.7. The number of hydrogen-bond acceptors (Lipinski definition) is 0. The zero-order chi connectivity index (χ0) is 25.0. The molecule has 0 N–H and O–H groups in total. The van der Waals surface area contributed by atoms with Gasteiger partial charge in [0.2, 0.25) is 0 Å². The van der Waals surface area contributed by atoms with E-state index < -0.39 is 22.8 Å². The minimum absolute atomic E-state index is 0.178. The third kappa shape index (κ3) is 4.54. The fraction of sp³-hybridized carbons (Fsp3) is 0.500. The van der Waals surface area contributed by atoms with Gasteiger partial charge in [0, 0.05) is 0 Å². The molecule has 4 rings (SSSR count). The predicted octanol–water partition coefficient (Wildman–Crippen LogP) is 8.75. The van der Waals surface area contributed by atoms with Crippen molar-refractivity contribution < 1.29 is 16.6 Å². The van der Waals surface area contributed by atoms with Crippen LogP contribution < -0.4 is 3.87 Å². The second-order valence-electron chi connectivity index (χ2n) is 12.5. The van der Waals surface area contributed by atoms with Crippen molar-refractivity contribution >= 4 is 10.1 Å². The Bertz CT molecular complexity index is 1230. The van der Waals surface area contributed by atoms with E-state index in [9.17, 15) is 0 Å². The molecule has 2 aromatic rings. The molecule has 0 bridgehead atoms.